The molecule has 0 saturated heterocycles. The summed E-state index contributed by atoms with van der Waals surface area (Å²) in [4.78, 5) is 6.33. The van der Waals surface area contributed by atoms with Crippen molar-refractivity contribution in [3.63, 3.8) is 0 Å². The minimum absolute atomic E-state index is 0.146. The van der Waals surface area contributed by atoms with Crippen molar-refractivity contribution in [2.24, 2.45) is 0 Å². The summed E-state index contributed by atoms with van der Waals surface area (Å²) in [5, 5.41) is 5.85. The molecule has 14 aromatic rings. The molecule has 81 heavy (non-hydrogen) atoms. The molecule has 0 aromatic heterocycles. The zero-order valence-corrected chi connectivity index (χ0v) is 44.1. The molecule has 3 nitrogen and oxygen atoms in total. The lowest BCUT2D eigenvalue weighted by Crippen LogP contribution is -2.10. The summed E-state index contributed by atoms with van der Waals surface area (Å²) in [5.74, 6) is 0. The second-order valence-corrected chi connectivity index (χ2v) is 20.5. The van der Waals surface area contributed by atoms with Crippen molar-refractivity contribution in [3.05, 3.63) is 321 Å². The molecule has 0 saturated carbocycles. The third kappa shape index (κ3) is 8.48. The Kier molecular flexibility index (Phi) is 10.8. The summed E-state index contributed by atoms with van der Waals surface area (Å²) in [5.41, 5.74) is 17.1. The van der Waals surface area contributed by atoms with Crippen molar-refractivity contribution in [1.82, 2.24) is 0 Å². The highest BCUT2D eigenvalue weighted by molar-refractivity contribution is 6.23. The van der Waals surface area contributed by atoms with Crippen LogP contribution in [0.25, 0.3) is 88.0 Å². The summed E-state index contributed by atoms with van der Waals surface area (Å²) in [6.07, 6.45) is 0. The van der Waals surface area contributed by atoms with Crippen LogP contribution >= 0.6 is 0 Å². The monoisotopic (exact) mass is 1040 g/mol. The lowest BCUT2D eigenvalue weighted by atomic mass is 9.84. The zero-order chi connectivity index (χ0) is 57.1. The highest BCUT2D eigenvalue weighted by atomic mass is 15.2. The minimum atomic E-state index is -0.155. The molecule has 1 aliphatic rings. The van der Waals surface area contributed by atoms with Crippen molar-refractivity contribution in [2.45, 2.75) is 0 Å². The third-order valence-corrected chi connectivity index (χ3v) is 15.8. The van der Waals surface area contributed by atoms with Crippen molar-refractivity contribution in [2.75, 3.05) is 14.7 Å². The fourth-order valence-electron chi connectivity index (χ4n) is 12.2. The highest BCUT2D eigenvalue weighted by Gasteiger charge is 2.25. The summed E-state index contributed by atoms with van der Waals surface area (Å²) >= 11 is 0. The van der Waals surface area contributed by atoms with E-state index < -0.39 is 0 Å². The maximum Gasteiger partial charge on any atom is 0.0645 e. The quantitative estimate of drug-likeness (QED) is 0.113. The molecule has 15 rings (SSSR count). The minimum Gasteiger partial charge on any atom is -0.311 e. The van der Waals surface area contributed by atoms with Gasteiger partial charge in [0.1, 0.15) is 0 Å². The van der Waals surface area contributed by atoms with Crippen LogP contribution in [-0.4, -0.2) is 0 Å². The van der Waals surface area contributed by atoms with Gasteiger partial charge in [0.15, 0.2) is 0 Å². The van der Waals surface area contributed by atoms with Gasteiger partial charge in [0.2, 0.25) is 0 Å². The van der Waals surface area contributed by atoms with Crippen molar-refractivity contribution in [1.29, 1.82) is 0 Å². The van der Waals surface area contributed by atoms with Crippen LogP contribution in [0.4, 0.5) is 51.2 Å². The van der Waals surface area contributed by atoms with E-state index in [2.05, 4.69) is 198 Å². The molecule has 0 bridgehead atoms. The molecule has 1 aliphatic carbocycles. The average molecular weight is 1040 g/mol. The predicted molar refractivity (Wildman–Crippen MR) is 344 cm³/mol. The molecule has 0 aliphatic heterocycles. The summed E-state index contributed by atoms with van der Waals surface area (Å²) in [6, 6.07) is 102. The maximum absolute atomic E-state index is 10.4. The smallest absolute Gasteiger partial charge is 0.0645 e. The second-order valence-electron chi connectivity index (χ2n) is 20.5. The number of anilines is 9. The molecule has 0 fully saturated rings. The van der Waals surface area contributed by atoms with E-state index in [1.807, 2.05) is 114 Å². The first kappa shape index (κ1) is 43.3. The first-order valence-corrected chi connectivity index (χ1v) is 27.5. The number of para-hydroxylation sites is 6. The highest BCUT2D eigenvalue weighted by Crippen LogP contribution is 2.51. The Morgan fingerprint density at radius 3 is 1.05 bits per heavy atom. The average Bonchev–Trinajstić information content (AvgIpc) is 1.72. The molecule has 3 heteroatoms. The van der Waals surface area contributed by atoms with Gasteiger partial charge in [0.05, 0.1) is 5.48 Å². The Balaban J connectivity index is 1.04. The van der Waals surface area contributed by atoms with Gasteiger partial charge in [-0.15, -0.1) is 0 Å². The number of benzene rings is 14. The summed E-state index contributed by atoms with van der Waals surface area (Å²) in [6.45, 7) is 0. The fourth-order valence-corrected chi connectivity index (χ4v) is 12.2. The molecule has 380 valence electrons. The molecule has 0 spiro atoms. The second kappa shape index (κ2) is 20.2. The van der Waals surface area contributed by atoms with E-state index in [9.17, 15) is 5.48 Å². The van der Waals surface area contributed by atoms with Crippen LogP contribution in [0.1, 0.15) is 5.48 Å². The SMILES string of the molecule is [2H]c1c([2H])c(N(c2ccccc2)c2ccccc2)c([2H])c([2H])c1-c1c2ccc(N(c3ccccc3)c3ccccc3)cc2c(-c2cccc(-c3ccc4c(c3)-c3cccc5cccc-4c35)c2)c2ccc(N(c3ccccc3)c3ccccc3)cc12. The van der Waals surface area contributed by atoms with E-state index in [1.165, 1.54) is 33.0 Å². The Morgan fingerprint density at radius 1 is 0.210 bits per heavy atom. The third-order valence-electron chi connectivity index (χ3n) is 15.8. The van der Waals surface area contributed by atoms with Gasteiger partial charge >= 0.3 is 0 Å². The predicted octanol–water partition coefficient (Wildman–Crippen LogP) is 22.2. The van der Waals surface area contributed by atoms with Crippen LogP contribution < -0.4 is 14.7 Å². The van der Waals surface area contributed by atoms with E-state index in [-0.39, 0.29) is 35.4 Å². The van der Waals surface area contributed by atoms with Crippen LogP contribution in [0, 0.1) is 0 Å². The number of nitrogens with zero attached hydrogens (tertiary/aromatic N) is 3. The number of rotatable bonds is 12. The molecule has 0 N–H and O–H groups in total. The lowest BCUT2D eigenvalue weighted by Gasteiger charge is -2.28. The van der Waals surface area contributed by atoms with E-state index in [0.29, 0.717) is 16.9 Å². The van der Waals surface area contributed by atoms with Crippen LogP contribution in [0.15, 0.2) is 321 Å². The first-order chi connectivity index (χ1) is 41.9. The van der Waals surface area contributed by atoms with Gasteiger partial charge in [-0.3, -0.25) is 0 Å². The van der Waals surface area contributed by atoms with Crippen molar-refractivity contribution >= 4 is 83.5 Å². The van der Waals surface area contributed by atoms with Crippen LogP contribution in [0.3, 0.4) is 0 Å². The van der Waals surface area contributed by atoms with Gasteiger partial charge in [-0.25, -0.2) is 0 Å². The van der Waals surface area contributed by atoms with Gasteiger partial charge in [-0.1, -0.05) is 200 Å². The van der Waals surface area contributed by atoms with Gasteiger partial charge in [-0.05, 0) is 209 Å². The van der Waals surface area contributed by atoms with E-state index in [4.69, 9.17) is 0 Å². The zero-order valence-electron chi connectivity index (χ0n) is 48.1. The normalized spacial score (nSPS) is 12.1. The Labute approximate surface area is 478 Å². The topological polar surface area (TPSA) is 9.72 Å². The fraction of sp³-hybridized carbons (Fsp3) is 0. The molecule has 0 radical (unpaired) electrons. The van der Waals surface area contributed by atoms with Crippen molar-refractivity contribution in [3.8, 4) is 55.6 Å². The van der Waals surface area contributed by atoms with Crippen LogP contribution in [0.5, 0.6) is 0 Å². The number of fused-ring (bicyclic) bond motifs is 5. The van der Waals surface area contributed by atoms with Gasteiger partial charge in [-0.2, -0.15) is 0 Å². The van der Waals surface area contributed by atoms with Gasteiger partial charge in [0.25, 0.3) is 0 Å². The molecule has 0 heterocycles. The molecule has 14 aromatic carbocycles. The largest absolute Gasteiger partial charge is 0.311 e. The maximum atomic E-state index is 10.4. The molecule has 0 atom stereocenters. The number of hydrogen-bond acceptors (Lipinski definition) is 3. The van der Waals surface area contributed by atoms with E-state index in [0.717, 1.165) is 77.9 Å². The standard InChI is InChI=1S/C78H53N3/c1-7-26-59(27-8-1)79(60-28-9-2-10-29-60)65-43-40-55(41-44-65)77-71-48-45-67(81(63-34-15-5-16-35-63)64-36-17-6-18-37-64)53-75(71)78(72-49-46-66(52-74(72)77)80(61-30-11-3-12-31-61)62-32-13-4-14-33-62)58-25-19-24-56(50-58)57-42-47-68-69-38-20-22-54-23-21-39-70(76(54)69)73(68)51-57/h1-53H/i40D,41D,43D,44D. The summed E-state index contributed by atoms with van der Waals surface area (Å²) < 4.78 is 41.0. The lowest BCUT2D eigenvalue weighted by molar-refractivity contribution is 1.28. The molecule has 0 amide bonds. The summed E-state index contributed by atoms with van der Waals surface area (Å²) in [7, 11) is 0. The van der Waals surface area contributed by atoms with Crippen LogP contribution in [0.2, 0.25) is 0 Å². The number of hydrogen-bond donors (Lipinski definition) is 0. The van der Waals surface area contributed by atoms with Gasteiger partial charge < -0.3 is 14.7 Å². The van der Waals surface area contributed by atoms with E-state index in [1.54, 1.807) is 0 Å². The molecular weight excluding hydrogens is 979 g/mol. The molecular formula is C78H53N3. The van der Waals surface area contributed by atoms with Gasteiger partial charge in [0, 0.05) is 51.2 Å². The molecule has 0 unspecified atom stereocenters. The van der Waals surface area contributed by atoms with Crippen molar-refractivity contribution < 1.29 is 5.48 Å². The Bertz CT molecular complexity index is 4720. The van der Waals surface area contributed by atoms with E-state index >= 15 is 0 Å². The first-order valence-electron chi connectivity index (χ1n) is 29.5. The Morgan fingerprint density at radius 2 is 0.593 bits per heavy atom. The van der Waals surface area contributed by atoms with Crippen LogP contribution in [-0.2, 0) is 0 Å². The Hall–Kier alpha value is -10.7.